The summed E-state index contributed by atoms with van der Waals surface area (Å²) in [6.45, 7) is 11.0. The molecular weight excluding hydrogens is 288 g/mol. The Bertz CT molecular complexity index is 547. The third kappa shape index (κ3) is 3.47. The van der Waals surface area contributed by atoms with E-state index < -0.39 is 5.60 Å². The summed E-state index contributed by atoms with van der Waals surface area (Å²) >= 11 is 0. The van der Waals surface area contributed by atoms with Gasteiger partial charge in [0.2, 0.25) is 0 Å². The van der Waals surface area contributed by atoms with Crippen LogP contribution in [0.15, 0.2) is 35.5 Å². The SMILES string of the molecule is C=C1COC2C=C(C)CCC3OC3(C)CCC=C(C)CCC12O. The summed E-state index contributed by atoms with van der Waals surface area (Å²) in [4.78, 5) is 0. The molecule has 3 aliphatic rings. The molecule has 0 saturated carbocycles. The highest BCUT2D eigenvalue weighted by Crippen LogP contribution is 2.44. The van der Waals surface area contributed by atoms with Gasteiger partial charge >= 0.3 is 0 Å². The number of hydrogen-bond donors (Lipinski definition) is 1. The Hall–Kier alpha value is -0.900. The maximum absolute atomic E-state index is 11.1. The van der Waals surface area contributed by atoms with E-state index in [0.717, 1.165) is 37.7 Å². The Morgan fingerprint density at radius 1 is 1.22 bits per heavy atom. The molecule has 0 aromatic carbocycles. The number of rotatable bonds is 0. The summed E-state index contributed by atoms with van der Waals surface area (Å²) in [6, 6.07) is 0. The molecule has 2 fully saturated rings. The van der Waals surface area contributed by atoms with Crippen molar-refractivity contribution in [1.29, 1.82) is 0 Å². The molecule has 3 nitrogen and oxygen atoms in total. The number of aliphatic hydroxyl groups is 1. The van der Waals surface area contributed by atoms with E-state index in [1.165, 1.54) is 11.1 Å². The first-order valence-corrected chi connectivity index (χ1v) is 8.86. The van der Waals surface area contributed by atoms with Crippen LogP contribution in [-0.2, 0) is 9.47 Å². The van der Waals surface area contributed by atoms with Crippen molar-refractivity contribution in [2.75, 3.05) is 6.61 Å². The Kier molecular flexibility index (Phi) is 4.56. The average Bonchev–Trinajstić information content (AvgIpc) is 3.07. The molecule has 3 heteroatoms. The van der Waals surface area contributed by atoms with E-state index in [4.69, 9.17) is 9.47 Å². The highest BCUT2D eigenvalue weighted by atomic mass is 16.6. The monoisotopic (exact) mass is 318 g/mol. The molecule has 3 rings (SSSR count). The summed E-state index contributed by atoms with van der Waals surface area (Å²) in [6.07, 6.45) is 10.2. The molecule has 1 N–H and O–H groups in total. The topological polar surface area (TPSA) is 42.0 Å². The van der Waals surface area contributed by atoms with Crippen LogP contribution in [0.1, 0.15) is 59.3 Å². The van der Waals surface area contributed by atoms with Crippen LogP contribution in [0.3, 0.4) is 0 Å². The van der Waals surface area contributed by atoms with Crippen LogP contribution in [0.4, 0.5) is 0 Å². The van der Waals surface area contributed by atoms with Crippen LogP contribution in [0.2, 0.25) is 0 Å². The van der Waals surface area contributed by atoms with Gasteiger partial charge in [0.1, 0.15) is 11.7 Å². The third-order valence-electron chi connectivity index (χ3n) is 5.83. The average molecular weight is 318 g/mol. The summed E-state index contributed by atoms with van der Waals surface area (Å²) < 4.78 is 11.8. The largest absolute Gasteiger partial charge is 0.382 e. The lowest BCUT2D eigenvalue weighted by atomic mass is 9.84. The van der Waals surface area contributed by atoms with E-state index in [-0.39, 0.29) is 11.7 Å². The molecule has 0 spiro atoms. The van der Waals surface area contributed by atoms with E-state index in [0.29, 0.717) is 19.1 Å². The summed E-state index contributed by atoms with van der Waals surface area (Å²) in [5.41, 5.74) is 2.55. The summed E-state index contributed by atoms with van der Waals surface area (Å²) in [7, 11) is 0. The quantitative estimate of drug-likeness (QED) is 0.540. The molecule has 0 radical (unpaired) electrons. The predicted octanol–water partition coefficient (Wildman–Crippen LogP) is 4.08. The van der Waals surface area contributed by atoms with Gasteiger partial charge < -0.3 is 14.6 Å². The fraction of sp³-hybridized carbons (Fsp3) is 0.700. The first-order valence-electron chi connectivity index (χ1n) is 8.86. The first-order chi connectivity index (χ1) is 10.8. The van der Waals surface area contributed by atoms with Gasteiger partial charge in [0.25, 0.3) is 0 Å². The molecule has 0 aromatic rings. The van der Waals surface area contributed by atoms with Crippen molar-refractivity contribution >= 4 is 0 Å². The van der Waals surface area contributed by atoms with Gasteiger partial charge in [0.05, 0.1) is 18.3 Å². The maximum Gasteiger partial charge on any atom is 0.118 e. The molecule has 1 aliphatic carbocycles. The van der Waals surface area contributed by atoms with Gasteiger partial charge in [-0.25, -0.2) is 0 Å². The van der Waals surface area contributed by atoms with Crippen molar-refractivity contribution in [3.63, 3.8) is 0 Å². The first kappa shape index (κ1) is 16.9. The Morgan fingerprint density at radius 2 is 2.00 bits per heavy atom. The lowest BCUT2D eigenvalue weighted by molar-refractivity contribution is -0.00624. The van der Waals surface area contributed by atoms with Crippen molar-refractivity contribution in [1.82, 2.24) is 0 Å². The van der Waals surface area contributed by atoms with Crippen LogP contribution in [-0.4, -0.2) is 35.1 Å². The fourth-order valence-corrected chi connectivity index (χ4v) is 3.83. The number of hydrogen-bond acceptors (Lipinski definition) is 3. The van der Waals surface area contributed by atoms with Crippen molar-refractivity contribution < 1.29 is 14.6 Å². The standard InChI is InChI=1S/C20H30O3/c1-14-6-5-10-19(4)17(23-19)8-7-15(2)12-18-20(21,11-9-14)16(3)13-22-18/h6,12,17-18,21H,3,5,7-11,13H2,1-2,4H3. The van der Waals surface area contributed by atoms with Crippen molar-refractivity contribution in [2.45, 2.75) is 82.7 Å². The summed E-state index contributed by atoms with van der Waals surface area (Å²) in [5.74, 6) is 0. The molecule has 2 heterocycles. The molecule has 0 bridgehead atoms. The second kappa shape index (κ2) is 6.19. The highest BCUT2D eigenvalue weighted by molar-refractivity contribution is 5.27. The molecular formula is C20H30O3. The molecule has 128 valence electrons. The van der Waals surface area contributed by atoms with Crippen LogP contribution < -0.4 is 0 Å². The van der Waals surface area contributed by atoms with Gasteiger partial charge in [-0.05, 0) is 64.9 Å². The summed E-state index contributed by atoms with van der Waals surface area (Å²) in [5, 5.41) is 11.1. The van der Waals surface area contributed by atoms with Crippen molar-refractivity contribution in [3.05, 3.63) is 35.5 Å². The maximum atomic E-state index is 11.1. The number of fused-ring (bicyclic) bond motifs is 2. The molecule has 4 unspecified atom stereocenters. The smallest absolute Gasteiger partial charge is 0.118 e. The Labute approximate surface area is 140 Å². The minimum Gasteiger partial charge on any atom is -0.382 e. The van der Waals surface area contributed by atoms with E-state index in [1.807, 2.05) is 0 Å². The minimum atomic E-state index is -0.926. The molecule has 23 heavy (non-hydrogen) atoms. The van der Waals surface area contributed by atoms with Gasteiger partial charge in [0.15, 0.2) is 0 Å². The van der Waals surface area contributed by atoms with E-state index in [1.54, 1.807) is 0 Å². The zero-order chi connectivity index (χ0) is 16.7. The fourth-order valence-electron chi connectivity index (χ4n) is 3.83. The molecule has 2 saturated heterocycles. The number of ether oxygens (including phenoxy) is 2. The lowest BCUT2D eigenvalue weighted by Crippen LogP contribution is -2.38. The predicted molar refractivity (Wildman–Crippen MR) is 92.3 cm³/mol. The van der Waals surface area contributed by atoms with Crippen LogP contribution in [0.25, 0.3) is 0 Å². The van der Waals surface area contributed by atoms with E-state index >= 15 is 0 Å². The lowest BCUT2D eigenvalue weighted by Gasteiger charge is -2.28. The molecule has 4 atom stereocenters. The van der Waals surface area contributed by atoms with Gasteiger partial charge in [0, 0.05) is 0 Å². The third-order valence-corrected chi connectivity index (χ3v) is 5.83. The second-order valence-corrected chi connectivity index (χ2v) is 7.82. The second-order valence-electron chi connectivity index (χ2n) is 7.82. The van der Waals surface area contributed by atoms with Gasteiger partial charge in [-0.2, -0.15) is 0 Å². The van der Waals surface area contributed by atoms with Crippen molar-refractivity contribution in [3.8, 4) is 0 Å². The molecule has 0 aromatic heterocycles. The zero-order valence-corrected chi connectivity index (χ0v) is 14.7. The molecule has 0 amide bonds. The molecule has 2 aliphatic heterocycles. The Balaban J connectivity index is 1.80. The van der Waals surface area contributed by atoms with Crippen LogP contribution >= 0.6 is 0 Å². The normalized spacial score (nSPS) is 42.2. The van der Waals surface area contributed by atoms with Gasteiger partial charge in [-0.3, -0.25) is 0 Å². The number of allylic oxidation sites excluding steroid dienone is 3. The minimum absolute atomic E-state index is 0.0695. The van der Waals surface area contributed by atoms with Gasteiger partial charge in [-0.1, -0.05) is 29.9 Å². The van der Waals surface area contributed by atoms with Gasteiger partial charge in [-0.15, -0.1) is 0 Å². The van der Waals surface area contributed by atoms with E-state index in [2.05, 4.69) is 39.5 Å². The van der Waals surface area contributed by atoms with Crippen LogP contribution in [0, 0.1) is 0 Å². The zero-order valence-electron chi connectivity index (χ0n) is 14.7. The Morgan fingerprint density at radius 3 is 2.78 bits per heavy atom. The number of epoxide rings is 1. The highest BCUT2D eigenvalue weighted by Gasteiger charge is 2.50. The van der Waals surface area contributed by atoms with Crippen molar-refractivity contribution in [2.24, 2.45) is 0 Å². The van der Waals surface area contributed by atoms with E-state index in [9.17, 15) is 5.11 Å². The van der Waals surface area contributed by atoms with Crippen LogP contribution in [0.5, 0.6) is 0 Å².